The van der Waals surface area contributed by atoms with Gasteiger partial charge in [0.15, 0.2) is 64.1 Å². The van der Waals surface area contributed by atoms with Gasteiger partial charge in [0.25, 0.3) is 0 Å². The van der Waals surface area contributed by atoms with Crippen LogP contribution in [-0.2, 0) is 67.3 Å². The lowest BCUT2D eigenvalue weighted by Crippen LogP contribution is -2.28. The standard InChI is InChI=1S/C20H21ClN4O2S2.C15H13ClN4OS2.C8H9ClN2OS.C7H7BrN2OS.C7H8N2OS.C6H7BrO2.C6H8O2.C5H9ClO.2C2H6O.CH4N2S.2Br2/c1-20(2,3)17(26)25-19-22-11-6-8-14-15(16(11)29-19)24-18(28-14)23-12-9-10(21)5-7-13(12)27-4;1-21-10-4-2-7(16)6-9(10)19-15-20-12-11(22-15)5-3-8-13(12)23-14(17)18-8;1-12-7-3-2-5(9)4-6(7)11-8(10)13;8-3-1-2-4-6(5(3)11)12-7(9)10-4;8-7-9-4-2-1-3-5(10)6(4)11-7;7-6-4(8)2-1-3-5(6)9;7-5-2-1-3-6(8)4-5;1-5(2,3)4(6)7;2*1-2-3;2-1(3)4;2*1-2/h5,7,9H,6,8H2,1-4H3,(H,23,24)(H,22,25,26);2,4,6H,3,5H2,1H3,(H2,17,18)(H,19,20);2-4H,1H3,(H3,10,11,13);3H,1-2H2,(H2,9,10);1-3H2,(H2,8,9);6H,1-3H2;1-4H2;1-3H3;2*3H,2H2,1H3;(H4,2,3,4);;. The van der Waals surface area contributed by atoms with Crippen LogP contribution in [-0.4, -0.2) is 140 Å². The minimum absolute atomic E-state index is 0.000000000000000222. The van der Waals surface area contributed by atoms with Crippen LogP contribution in [0.1, 0.15) is 171 Å². The molecule has 6 aliphatic carbocycles. The highest BCUT2D eigenvalue weighted by atomic mass is 80.9. The summed E-state index contributed by atoms with van der Waals surface area (Å²) >= 11 is 58.1. The number of halogens is 10. The zero-order valence-corrected chi connectivity index (χ0v) is 89.2. The molecule has 0 spiro atoms. The average molecular weight is 2360 g/mol. The number of methoxy groups -OCH3 is 3. The van der Waals surface area contributed by atoms with Crippen molar-refractivity contribution in [1.29, 1.82) is 0 Å². The number of aliphatic hydroxyl groups excluding tert-OH is 2. The first-order valence-corrected chi connectivity index (χ1v) is 54.3. The SMILES string of the molecule is BrBr.BrBr.CC(C)(C)C(=O)Cl.CCO.CCO.COc1ccc(Cl)cc1NC(N)=S.COc1ccc(Cl)cc1Nc1nc2c(s1)CCc1nc(N)sc1-2.COc1ccc(Cl)cc1Nc1nc2c(s1)CCc1nc(NC(=O)C(C)(C)C)sc1-2.NC(N)=S.Nc1nc2c(s1)C(=O)C(Br)CC2.Nc1nc2c(s1)C(=O)CCC2.O=C1CCCC(=O)C1.O=C1CCCC(=O)C1Br. The number of benzene rings is 3. The van der Waals surface area contributed by atoms with Gasteiger partial charge in [0.1, 0.15) is 33.6 Å². The summed E-state index contributed by atoms with van der Waals surface area (Å²) < 4.78 is 15.8. The smallest absolute Gasteiger partial charge is 0.231 e. The molecule has 29 nitrogen and oxygen atoms in total. The molecular weight excluding hydrogens is 2260 g/mol. The zero-order valence-electron chi connectivity index (χ0n) is 70.2. The van der Waals surface area contributed by atoms with E-state index in [1.807, 2.05) is 45.0 Å². The van der Waals surface area contributed by atoms with E-state index in [2.05, 4.69) is 153 Å². The van der Waals surface area contributed by atoms with Gasteiger partial charge in [0, 0.05) is 137 Å². The first-order valence-electron chi connectivity index (χ1n) is 37.9. The van der Waals surface area contributed by atoms with Crippen LogP contribution in [0.15, 0.2) is 54.6 Å². The summed E-state index contributed by atoms with van der Waals surface area (Å²) in [6, 6.07) is 16.0. The van der Waals surface area contributed by atoms with E-state index in [0.29, 0.717) is 84.9 Å². The fourth-order valence-electron chi connectivity index (χ4n) is 10.7. The number of hydrogen-bond donors (Lipinski definition) is 12. The molecule has 2 fully saturated rings. The summed E-state index contributed by atoms with van der Waals surface area (Å²) in [6.07, 6.45) is 11.8. The van der Waals surface area contributed by atoms with Crippen LogP contribution in [0.25, 0.3) is 21.1 Å². The highest BCUT2D eigenvalue weighted by molar-refractivity contribution is 9.93. The lowest BCUT2D eigenvalue weighted by molar-refractivity contribution is -0.130. The van der Waals surface area contributed by atoms with Crippen molar-refractivity contribution >= 4 is 331 Å². The molecule has 47 heteroatoms. The molecule has 126 heavy (non-hydrogen) atoms. The predicted molar refractivity (Wildman–Crippen MR) is 548 cm³/mol. The average Bonchev–Trinajstić information content (AvgIpc) is 1.63. The van der Waals surface area contributed by atoms with Crippen LogP contribution in [0, 0.1) is 10.8 Å². The number of carbonyl (C=O) groups excluding carboxylic acids is 8. The van der Waals surface area contributed by atoms with Crippen molar-refractivity contribution in [3.8, 4) is 38.4 Å². The molecule has 6 aromatic heterocycles. The molecule has 18 N–H and O–H groups in total. The number of ketones is 6. The van der Waals surface area contributed by atoms with Crippen molar-refractivity contribution in [3.05, 3.63) is 112 Å². The third-order valence-electron chi connectivity index (χ3n) is 16.5. The first-order chi connectivity index (χ1) is 59.5. The molecule has 9 aromatic rings. The molecule has 1 atom stereocenters. The molecule has 6 aliphatic rings. The number of anilines is 9. The number of rotatable bonds is 9. The number of thiocarbonyl (C=S) groups is 2. The van der Waals surface area contributed by atoms with E-state index in [1.54, 1.807) is 109 Å². The number of Topliss-reactive ketones (excluding diaryl/α,β-unsaturated/α-hetero) is 6. The minimum Gasteiger partial charge on any atom is -0.495 e. The number of ether oxygens (including phenoxy) is 3. The van der Waals surface area contributed by atoms with Crippen LogP contribution < -0.4 is 69.9 Å². The molecule has 0 saturated heterocycles. The molecule has 1 amide bonds. The number of nitrogens with zero attached hydrogens (tertiary/aromatic N) is 6. The molecule has 0 bridgehead atoms. The fraction of sp³-hybridized carbons (Fsp3) is 0.418. The molecular formula is C79H98Br6Cl4N16O13S8. The predicted octanol–water partition coefficient (Wildman–Crippen LogP) is 21.1. The Bertz CT molecular complexity index is 5110. The third kappa shape index (κ3) is 39.0. The number of carbonyl (C=O) groups is 8. The normalized spacial score (nSPS) is 14.0. The quantitative estimate of drug-likeness (QED) is 0.0276. The second-order valence-corrected chi connectivity index (χ2v) is 39.1. The van der Waals surface area contributed by atoms with Gasteiger partial charge in [-0.15, -0.1) is 22.7 Å². The second-order valence-electron chi connectivity index (χ2n) is 28.3. The topological polar surface area (TPSA) is 486 Å². The zero-order chi connectivity index (χ0) is 95.0. The Balaban J connectivity index is 0.000000379. The van der Waals surface area contributed by atoms with E-state index < -0.39 is 10.2 Å². The van der Waals surface area contributed by atoms with E-state index in [0.717, 1.165) is 145 Å². The number of fused-ring (bicyclic) bond motifs is 8. The lowest BCUT2D eigenvalue weighted by Gasteiger charge is -2.15. The van der Waals surface area contributed by atoms with Gasteiger partial charge in [-0.2, -0.15) is 0 Å². The maximum atomic E-state index is 12.3. The fourth-order valence-corrected chi connectivity index (χ4v) is 18.2. The molecule has 15 rings (SSSR count). The van der Waals surface area contributed by atoms with Gasteiger partial charge in [0.2, 0.25) is 11.1 Å². The van der Waals surface area contributed by atoms with Crippen molar-refractivity contribution in [1.82, 2.24) is 29.9 Å². The molecule has 3 aromatic carbocycles. The van der Waals surface area contributed by atoms with E-state index in [4.69, 9.17) is 116 Å². The number of nitrogens with one attached hydrogen (secondary N) is 4. The summed E-state index contributed by atoms with van der Waals surface area (Å²) in [5, 5.41) is 33.1. The Kier molecular flexibility index (Phi) is 53.0. The summed E-state index contributed by atoms with van der Waals surface area (Å²) in [5.41, 5.74) is 38.5. The van der Waals surface area contributed by atoms with Gasteiger partial charge >= 0.3 is 0 Å². The highest BCUT2D eigenvalue weighted by Gasteiger charge is 2.32. The Morgan fingerprint density at radius 2 is 0.865 bits per heavy atom. The number of hydrogen-bond acceptors (Lipinski definition) is 32. The van der Waals surface area contributed by atoms with Crippen LogP contribution in [0.2, 0.25) is 15.1 Å². The summed E-state index contributed by atoms with van der Waals surface area (Å²) in [7, 11) is 4.82. The number of thiazole rings is 6. The molecule has 6 heterocycles. The number of nitrogen functional groups attached to an aromatic ring is 3. The number of aryl methyl sites for hydroxylation is 6. The van der Waals surface area contributed by atoms with E-state index >= 15 is 0 Å². The minimum atomic E-state index is -0.494. The maximum absolute atomic E-state index is 12.3. The van der Waals surface area contributed by atoms with Crippen LogP contribution in [0.3, 0.4) is 0 Å². The van der Waals surface area contributed by atoms with Gasteiger partial charge in [-0.25, -0.2) is 29.9 Å². The summed E-state index contributed by atoms with van der Waals surface area (Å²) in [4.78, 5) is 120. The van der Waals surface area contributed by atoms with Gasteiger partial charge < -0.3 is 80.1 Å². The van der Waals surface area contributed by atoms with Crippen molar-refractivity contribution in [2.75, 3.05) is 73.0 Å². The number of nitrogens with two attached hydrogens (primary N) is 6. The van der Waals surface area contributed by atoms with Crippen LogP contribution >= 0.6 is 227 Å². The van der Waals surface area contributed by atoms with Crippen molar-refractivity contribution in [3.63, 3.8) is 0 Å². The Morgan fingerprint density at radius 3 is 1.25 bits per heavy atom. The monoisotopic (exact) mass is 2350 g/mol. The summed E-state index contributed by atoms with van der Waals surface area (Å²) in [6.45, 7) is 14.9. The van der Waals surface area contributed by atoms with E-state index in [1.165, 1.54) is 55.1 Å². The lowest BCUT2D eigenvalue weighted by atomic mass is 9.96. The molecule has 0 radical (unpaired) electrons. The van der Waals surface area contributed by atoms with Crippen LogP contribution in [0.5, 0.6) is 17.2 Å². The molecule has 0 aliphatic heterocycles. The van der Waals surface area contributed by atoms with Crippen molar-refractivity contribution in [2.24, 2.45) is 28.0 Å². The largest absolute Gasteiger partial charge is 0.495 e. The maximum Gasteiger partial charge on any atom is 0.231 e. The van der Waals surface area contributed by atoms with Gasteiger partial charge in [-0.3, -0.25) is 38.4 Å². The molecule has 2 saturated carbocycles. The number of aliphatic hydroxyl groups is 2. The van der Waals surface area contributed by atoms with Gasteiger partial charge in [-0.05, 0) is 169 Å². The highest BCUT2D eigenvalue weighted by Crippen LogP contribution is 2.46. The van der Waals surface area contributed by atoms with E-state index in [-0.39, 0.29) is 86.0 Å². The Hall–Kier alpha value is -5.66. The molecule has 690 valence electrons. The Labute approximate surface area is 834 Å². The number of aromatic nitrogens is 6. The van der Waals surface area contributed by atoms with Crippen molar-refractivity contribution < 1.29 is 62.8 Å². The van der Waals surface area contributed by atoms with Gasteiger partial charge in [-0.1, -0.05) is 154 Å². The first kappa shape index (κ1) is 115. The number of amides is 1. The van der Waals surface area contributed by atoms with Gasteiger partial charge in [0.05, 0.1) is 103 Å². The van der Waals surface area contributed by atoms with E-state index in [9.17, 15) is 38.4 Å². The third-order valence-corrected chi connectivity index (χ3v) is 25.7. The Morgan fingerprint density at radius 1 is 0.500 bits per heavy atom. The summed E-state index contributed by atoms with van der Waals surface area (Å²) in [5.74, 6) is 2.67. The van der Waals surface area contributed by atoms with Crippen molar-refractivity contribution in [2.45, 2.75) is 168 Å². The second kappa shape index (κ2) is 58.3. The van der Waals surface area contributed by atoms with Crippen LogP contribution in [0.4, 0.5) is 47.9 Å². The molecule has 1 unspecified atom stereocenters. The number of alkyl halides is 2.